The zero-order valence-electron chi connectivity index (χ0n) is 13.4. The van der Waals surface area contributed by atoms with E-state index in [-0.39, 0.29) is 18.6 Å². The minimum absolute atomic E-state index is 0.0518. The van der Waals surface area contributed by atoms with Crippen LogP contribution in [0.25, 0.3) is 0 Å². The second kappa shape index (κ2) is 8.39. The Hall–Kier alpha value is -1.26. The number of carbonyl (C=O) groups excluding carboxylic acids is 1. The lowest BCUT2D eigenvalue weighted by Crippen LogP contribution is -2.46. The van der Waals surface area contributed by atoms with Crippen LogP contribution in [0.5, 0.6) is 5.75 Å². The van der Waals surface area contributed by atoms with Crippen molar-refractivity contribution in [2.75, 3.05) is 26.2 Å². The first kappa shape index (κ1) is 17.1. The summed E-state index contributed by atoms with van der Waals surface area (Å²) < 4.78 is 5.52. The number of carbonyl (C=O) groups is 1. The van der Waals surface area contributed by atoms with E-state index in [4.69, 9.17) is 16.3 Å². The van der Waals surface area contributed by atoms with Crippen molar-refractivity contribution >= 4 is 17.5 Å². The van der Waals surface area contributed by atoms with E-state index in [0.717, 1.165) is 38.0 Å². The molecule has 0 bridgehead atoms. The summed E-state index contributed by atoms with van der Waals surface area (Å²) >= 11 is 5.97. The SMILES string of the molecule is CCCN1CCC(NC(=O)COc2ccc(Cl)c(C)c2)CC1. The number of benzene rings is 1. The van der Waals surface area contributed by atoms with Gasteiger partial charge in [-0.3, -0.25) is 4.79 Å². The fourth-order valence-electron chi connectivity index (χ4n) is 2.74. The van der Waals surface area contributed by atoms with Crippen LogP contribution >= 0.6 is 11.6 Å². The average molecular weight is 325 g/mol. The second-order valence-corrected chi connectivity index (χ2v) is 6.29. The van der Waals surface area contributed by atoms with Gasteiger partial charge in [0.05, 0.1) is 0 Å². The smallest absolute Gasteiger partial charge is 0.258 e. The molecular formula is C17H25ClN2O2. The number of halogens is 1. The van der Waals surface area contributed by atoms with Gasteiger partial charge in [0.1, 0.15) is 5.75 Å². The topological polar surface area (TPSA) is 41.6 Å². The van der Waals surface area contributed by atoms with Crippen LogP contribution in [0.1, 0.15) is 31.7 Å². The molecule has 2 rings (SSSR count). The van der Waals surface area contributed by atoms with E-state index in [1.54, 1.807) is 12.1 Å². The molecule has 5 heteroatoms. The van der Waals surface area contributed by atoms with Crippen molar-refractivity contribution in [3.8, 4) is 5.75 Å². The second-order valence-electron chi connectivity index (χ2n) is 5.88. The predicted octanol–water partition coefficient (Wildman–Crippen LogP) is 3.02. The number of nitrogens with zero attached hydrogens (tertiary/aromatic N) is 1. The van der Waals surface area contributed by atoms with Crippen LogP contribution in [0.3, 0.4) is 0 Å². The summed E-state index contributed by atoms with van der Waals surface area (Å²) in [5.41, 5.74) is 0.947. The maximum absolute atomic E-state index is 12.0. The molecule has 0 spiro atoms. The molecule has 22 heavy (non-hydrogen) atoms. The molecule has 0 aromatic heterocycles. The van der Waals surface area contributed by atoms with Crippen molar-refractivity contribution < 1.29 is 9.53 Å². The number of nitrogens with one attached hydrogen (secondary N) is 1. The molecule has 0 saturated carbocycles. The minimum Gasteiger partial charge on any atom is -0.484 e. The van der Waals surface area contributed by atoms with E-state index in [1.807, 2.05) is 13.0 Å². The molecule has 0 aliphatic carbocycles. The Kier molecular flexibility index (Phi) is 6.52. The molecule has 0 atom stereocenters. The summed E-state index contributed by atoms with van der Waals surface area (Å²) in [5, 5.41) is 3.77. The third kappa shape index (κ3) is 5.18. The average Bonchev–Trinajstić information content (AvgIpc) is 2.51. The van der Waals surface area contributed by atoms with Crippen molar-refractivity contribution in [1.82, 2.24) is 10.2 Å². The molecule has 4 nitrogen and oxygen atoms in total. The Morgan fingerprint density at radius 1 is 1.41 bits per heavy atom. The summed E-state index contributed by atoms with van der Waals surface area (Å²) in [5.74, 6) is 0.622. The molecule has 1 amide bonds. The van der Waals surface area contributed by atoms with E-state index in [9.17, 15) is 4.79 Å². The molecule has 1 heterocycles. The lowest BCUT2D eigenvalue weighted by atomic mass is 10.0. The van der Waals surface area contributed by atoms with Crippen LogP contribution < -0.4 is 10.1 Å². The summed E-state index contributed by atoms with van der Waals surface area (Å²) in [7, 11) is 0. The van der Waals surface area contributed by atoms with Crippen LogP contribution in [-0.4, -0.2) is 43.1 Å². The van der Waals surface area contributed by atoms with Crippen LogP contribution in [0.2, 0.25) is 5.02 Å². The van der Waals surface area contributed by atoms with Crippen molar-refractivity contribution in [3.63, 3.8) is 0 Å². The third-order valence-corrected chi connectivity index (χ3v) is 4.42. The quantitative estimate of drug-likeness (QED) is 0.874. The highest BCUT2D eigenvalue weighted by molar-refractivity contribution is 6.31. The van der Waals surface area contributed by atoms with Gasteiger partial charge in [-0.1, -0.05) is 18.5 Å². The summed E-state index contributed by atoms with van der Waals surface area (Å²) in [6.45, 7) is 7.45. The van der Waals surface area contributed by atoms with Gasteiger partial charge in [-0.2, -0.15) is 0 Å². The van der Waals surface area contributed by atoms with Crippen LogP contribution in [0, 0.1) is 6.92 Å². The Morgan fingerprint density at radius 3 is 2.77 bits per heavy atom. The maximum atomic E-state index is 12.0. The Bertz CT molecular complexity index is 499. The predicted molar refractivity (Wildman–Crippen MR) is 89.6 cm³/mol. The Labute approximate surface area is 137 Å². The van der Waals surface area contributed by atoms with Crippen molar-refractivity contribution in [3.05, 3.63) is 28.8 Å². The number of hydrogen-bond acceptors (Lipinski definition) is 3. The highest BCUT2D eigenvalue weighted by atomic mass is 35.5. The molecular weight excluding hydrogens is 300 g/mol. The summed E-state index contributed by atoms with van der Waals surface area (Å²) in [6, 6.07) is 5.69. The van der Waals surface area contributed by atoms with Crippen LogP contribution in [-0.2, 0) is 4.79 Å². The van der Waals surface area contributed by atoms with Gasteiger partial charge in [-0.15, -0.1) is 0 Å². The van der Waals surface area contributed by atoms with E-state index in [1.165, 1.54) is 6.42 Å². The number of likely N-dealkylation sites (tertiary alicyclic amines) is 1. The number of aryl methyl sites for hydroxylation is 1. The van der Waals surface area contributed by atoms with Gasteiger partial charge in [-0.25, -0.2) is 0 Å². The van der Waals surface area contributed by atoms with Gasteiger partial charge in [0.25, 0.3) is 5.91 Å². The Balaban J connectivity index is 1.71. The number of hydrogen-bond donors (Lipinski definition) is 1. The van der Waals surface area contributed by atoms with Gasteiger partial charge >= 0.3 is 0 Å². The Morgan fingerprint density at radius 2 is 2.14 bits per heavy atom. The third-order valence-electron chi connectivity index (χ3n) is 3.99. The van der Waals surface area contributed by atoms with E-state index in [2.05, 4.69) is 17.1 Å². The maximum Gasteiger partial charge on any atom is 0.258 e. The van der Waals surface area contributed by atoms with Crippen molar-refractivity contribution in [1.29, 1.82) is 0 Å². The van der Waals surface area contributed by atoms with Crippen molar-refractivity contribution in [2.24, 2.45) is 0 Å². The lowest BCUT2D eigenvalue weighted by Gasteiger charge is -2.32. The number of amides is 1. The molecule has 122 valence electrons. The van der Waals surface area contributed by atoms with Gasteiger partial charge in [-0.05, 0) is 56.5 Å². The number of rotatable bonds is 6. The first-order chi connectivity index (χ1) is 10.6. The highest BCUT2D eigenvalue weighted by Gasteiger charge is 2.20. The highest BCUT2D eigenvalue weighted by Crippen LogP contribution is 2.21. The van der Waals surface area contributed by atoms with Gasteiger partial charge < -0.3 is 15.0 Å². The molecule has 1 aliphatic heterocycles. The fraction of sp³-hybridized carbons (Fsp3) is 0.588. The zero-order chi connectivity index (χ0) is 15.9. The standard InChI is InChI=1S/C17H25ClN2O2/c1-3-8-20-9-6-14(7-10-20)19-17(21)12-22-15-4-5-16(18)13(2)11-15/h4-5,11,14H,3,6-10,12H2,1-2H3,(H,19,21). The largest absolute Gasteiger partial charge is 0.484 e. The zero-order valence-corrected chi connectivity index (χ0v) is 14.2. The minimum atomic E-state index is -0.0541. The van der Waals surface area contributed by atoms with Gasteiger partial charge in [0.15, 0.2) is 6.61 Å². The van der Waals surface area contributed by atoms with Crippen LogP contribution in [0.15, 0.2) is 18.2 Å². The molecule has 1 saturated heterocycles. The van der Waals surface area contributed by atoms with Crippen molar-refractivity contribution in [2.45, 2.75) is 39.2 Å². The molecule has 1 aromatic carbocycles. The van der Waals surface area contributed by atoms with E-state index >= 15 is 0 Å². The molecule has 1 fully saturated rings. The molecule has 0 unspecified atom stereocenters. The van der Waals surface area contributed by atoms with E-state index in [0.29, 0.717) is 10.8 Å². The fourth-order valence-corrected chi connectivity index (χ4v) is 2.86. The first-order valence-electron chi connectivity index (χ1n) is 7.99. The number of ether oxygens (including phenoxy) is 1. The summed E-state index contributed by atoms with van der Waals surface area (Å²) in [6.07, 6.45) is 3.23. The normalized spacial score (nSPS) is 16.5. The summed E-state index contributed by atoms with van der Waals surface area (Å²) in [4.78, 5) is 14.4. The van der Waals surface area contributed by atoms with Gasteiger partial charge in [0.2, 0.25) is 0 Å². The molecule has 1 aliphatic rings. The molecule has 1 aromatic rings. The van der Waals surface area contributed by atoms with E-state index < -0.39 is 0 Å². The first-order valence-corrected chi connectivity index (χ1v) is 8.37. The van der Waals surface area contributed by atoms with Crippen LogP contribution in [0.4, 0.5) is 0 Å². The van der Waals surface area contributed by atoms with Gasteiger partial charge in [0, 0.05) is 24.2 Å². The number of piperidine rings is 1. The molecule has 0 radical (unpaired) electrons. The monoisotopic (exact) mass is 324 g/mol. The lowest BCUT2D eigenvalue weighted by molar-refractivity contribution is -0.124. The molecule has 1 N–H and O–H groups in total.